The maximum absolute atomic E-state index is 11.7. The van der Waals surface area contributed by atoms with Crippen molar-refractivity contribution in [2.45, 2.75) is 19.3 Å². The van der Waals surface area contributed by atoms with Crippen LogP contribution in [0.1, 0.15) is 18.4 Å². The number of carbonyl (C=O) groups is 3. The molecule has 6 heteroatoms. The van der Waals surface area contributed by atoms with Gasteiger partial charge in [0.2, 0.25) is 11.8 Å². The van der Waals surface area contributed by atoms with Crippen LogP contribution in [-0.4, -0.2) is 48.3 Å². The molecule has 1 heterocycles. The number of aryl methyl sites for hydroxylation is 1. The van der Waals surface area contributed by atoms with Crippen LogP contribution >= 0.6 is 0 Å². The molecule has 1 saturated heterocycles. The second-order valence-electron chi connectivity index (χ2n) is 5.21. The van der Waals surface area contributed by atoms with Crippen LogP contribution in [0, 0.1) is 0 Å². The number of urea groups is 1. The summed E-state index contributed by atoms with van der Waals surface area (Å²) in [7, 11) is 3.35. The molecule has 1 aromatic rings. The Hall–Kier alpha value is -2.37. The minimum absolute atomic E-state index is 0.0817. The van der Waals surface area contributed by atoms with E-state index in [-0.39, 0.29) is 17.8 Å². The average molecular weight is 289 g/mol. The Morgan fingerprint density at radius 3 is 2.38 bits per heavy atom. The Morgan fingerprint density at radius 1 is 1.24 bits per heavy atom. The summed E-state index contributed by atoms with van der Waals surface area (Å²) in [5.74, 6) is -0.196. The topological polar surface area (TPSA) is 69.7 Å². The van der Waals surface area contributed by atoms with Crippen molar-refractivity contribution in [3.8, 4) is 0 Å². The molecule has 0 aromatic heterocycles. The number of benzene rings is 1. The lowest BCUT2D eigenvalue weighted by Crippen LogP contribution is -2.47. The lowest BCUT2D eigenvalue weighted by atomic mass is 10.1. The maximum Gasteiger partial charge on any atom is 0.321 e. The fourth-order valence-corrected chi connectivity index (χ4v) is 1.95. The van der Waals surface area contributed by atoms with E-state index in [1.807, 2.05) is 12.1 Å². The van der Waals surface area contributed by atoms with Crippen molar-refractivity contribution in [3.05, 3.63) is 29.8 Å². The van der Waals surface area contributed by atoms with Crippen LogP contribution < -0.4 is 5.32 Å². The van der Waals surface area contributed by atoms with Gasteiger partial charge in [-0.2, -0.15) is 0 Å². The van der Waals surface area contributed by atoms with Crippen molar-refractivity contribution in [2.75, 3.05) is 26.0 Å². The summed E-state index contributed by atoms with van der Waals surface area (Å²) in [5, 5.41) is 2.74. The van der Waals surface area contributed by atoms with E-state index >= 15 is 0 Å². The monoisotopic (exact) mass is 289 g/mol. The Bertz CT molecular complexity index is 552. The van der Waals surface area contributed by atoms with Crippen LogP contribution in [0.2, 0.25) is 0 Å². The summed E-state index contributed by atoms with van der Waals surface area (Å²) >= 11 is 0. The van der Waals surface area contributed by atoms with E-state index in [1.54, 1.807) is 26.2 Å². The minimum Gasteiger partial charge on any atom is -0.331 e. The van der Waals surface area contributed by atoms with Gasteiger partial charge in [0, 0.05) is 39.2 Å². The number of hydrogen-bond donors (Lipinski definition) is 1. The van der Waals surface area contributed by atoms with Gasteiger partial charge in [0.25, 0.3) is 0 Å². The minimum atomic E-state index is -0.186. The van der Waals surface area contributed by atoms with E-state index in [9.17, 15) is 14.4 Å². The van der Waals surface area contributed by atoms with Crippen LogP contribution in [0.5, 0.6) is 0 Å². The highest BCUT2D eigenvalue weighted by Gasteiger charge is 2.29. The van der Waals surface area contributed by atoms with E-state index in [4.69, 9.17) is 0 Å². The normalized spacial score (nSPS) is 13.6. The van der Waals surface area contributed by atoms with Crippen molar-refractivity contribution < 1.29 is 14.4 Å². The summed E-state index contributed by atoms with van der Waals surface area (Å²) in [6.45, 7) is 0.549. The molecule has 1 fully saturated rings. The van der Waals surface area contributed by atoms with Gasteiger partial charge in [-0.1, -0.05) is 12.1 Å². The number of nitrogens with zero attached hydrogens (tertiary/aromatic N) is 2. The highest BCUT2D eigenvalue weighted by Crippen LogP contribution is 2.14. The van der Waals surface area contributed by atoms with Gasteiger partial charge in [-0.3, -0.25) is 14.5 Å². The quantitative estimate of drug-likeness (QED) is 0.853. The first-order chi connectivity index (χ1) is 9.97. The fourth-order valence-electron chi connectivity index (χ4n) is 1.95. The average Bonchev–Trinajstić information content (AvgIpc) is 2.44. The predicted octanol–water partition coefficient (Wildman–Crippen LogP) is 1.47. The maximum atomic E-state index is 11.7. The third kappa shape index (κ3) is 3.81. The molecule has 0 saturated carbocycles. The fraction of sp³-hybridized carbons (Fsp3) is 0.400. The van der Waals surface area contributed by atoms with Crippen molar-refractivity contribution in [3.63, 3.8) is 0 Å². The summed E-state index contributed by atoms with van der Waals surface area (Å²) < 4.78 is 0. The SMILES string of the molecule is CN(C)C(=O)Nc1ccc(CCC(=O)N2CCC2=O)cc1. The zero-order valence-corrected chi connectivity index (χ0v) is 12.3. The van der Waals surface area contributed by atoms with Gasteiger partial charge in [0.05, 0.1) is 0 Å². The molecule has 0 bridgehead atoms. The first kappa shape index (κ1) is 15.0. The van der Waals surface area contributed by atoms with Crippen LogP contribution in [0.4, 0.5) is 10.5 Å². The molecular weight excluding hydrogens is 270 g/mol. The van der Waals surface area contributed by atoms with E-state index in [0.717, 1.165) is 5.56 Å². The second kappa shape index (κ2) is 6.39. The molecule has 1 N–H and O–H groups in total. The Labute approximate surface area is 123 Å². The molecule has 112 valence electrons. The molecule has 6 nitrogen and oxygen atoms in total. The molecule has 1 aliphatic rings. The zero-order chi connectivity index (χ0) is 15.4. The van der Waals surface area contributed by atoms with E-state index in [2.05, 4.69) is 5.32 Å². The number of imide groups is 1. The number of likely N-dealkylation sites (tertiary alicyclic amines) is 1. The van der Waals surface area contributed by atoms with Gasteiger partial charge in [0.15, 0.2) is 0 Å². The molecule has 0 aliphatic carbocycles. The molecule has 1 aliphatic heterocycles. The zero-order valence-electron chi connectivity index (χ0n) is 12.3. The van der Waals surface area contributed by atoms with E-state index in [1.165, 1.54) is 9.80 Å². The van der Waals surface area contributed by atoms with Gasteiger partial charge in [-0.15, -0.1) is 0 Å². The molecule has 0 atom stereocenters. The highest BCUT2D eigenvalue weighted by atomic mass is 16.2. The van der Waals surface area contributed by atoms with E-state index in [0.29, 0.717) is 31.5 Å². The van der Waals surface area contributed by atoms with Crippen LogP contribution in [0.3, 0.4) is 0 Å². The van der Waals surface area contributed by atoms with Crippen molar-refractivity contribution in [1.29, 1.82) is 0 Å². The number of rotatable bonds is 4. The van der Waals surface area contributed by atoms with Crippen molar-refractivity contribution in [1.82, 2.24) is 9.80 Å². The van der Waals surface area contributed by atoms with E-state index < -0.39 is 0 Å². The molecule has 21 heavy (non-hydrogen) atoms. The van der Waals surface area contributed by atoms with Crippen LogP contribution in [-0.2, 0) is 16.0 Å². The van der Waals surface area contributed by atoms with Crippen LogP contribution in [0.25, 0.3) is 0 Å². The van der Waals surface area contributed by atoms with Crippen LogP contribution in [0.15, 0.2) is 24.3 Å². The van der Waals surface area contributed by atoms with Crippen molar-refractivity contribution >= 4 is 23.5 Å². The standard InChI is InChI=1S/C15H19N3O3/c1-17(2)15(21)16-12-6-3-11(4-7-12)5-8-13(19)18-10-9-14(18)20/h3-4,6-7H,5,8-10H2,1-2H3,(H,16,21). The molecule has 4 amide bonds. The Balaban J connectivity index is 1.83. The predicted molar refractivity (Wildman–Crippen MR) is 78.8 cm³/mol. The third-order valence-corrected chi connectivity index (χ3v) is 3.39. The lowest BCUT2D eigenvalue weighted by molar-refractivity contribution is -0.152. The Morgan fingerprint density at radius 2 is 1.90 bits per heavy atom. The number of carbonyl (C=O) groups excluding carboxylic acids is 3. The smallest absolute Gasteiger partial charge is 0.321 e. The highest BCUT2D eigenvalue weighted by molar-refractivity contribution is 5.99. The first-order valence-corrected chi connectivity index (χ1v) is 6.88. The molecule has 0 spiro atoms. The second-order valence-corrected chi connectivity index (χ2v) is 5.21. The summed E-state index contributed by atoms with van der Waals surface area (Å²) in [6.07, 6.45) is 1.39. The number of amides is 4. The molecule has 0 radical (unpaired) electrons. The molecular formula is C15H19N3O3. The first-order valence-electron chi connectivity index (χ1n) is 6.88. The number of hydrogen-bond acceptors (Lipinski definition) is 3. The van der Waals surface area contributed by atoms with Gasteiger partial charge >= 0.3 is 6.03 Å². The number of anilines is 1. The van der Waals surface area contributed by atoms with Gasteiger partial charge in [-0.25, -0.2) is 4.79 Å². The van der Waals surface area contributed by atoms with Gasteiger partial charge in [0.1, 0.15) is 0 Å². The summed E-state index contributed by atoms with van der Waals surface area (Å²) in [5.41, 5.74) is 1.71. The largest absolute Gasteiger partial charge is 0.331 e. The molecule has 0 unspecified atom stereocenters. The Kier molecular flexibility index (Phi) is 4.57. The summed E-state index contributed by atoms with van der Waals surface area (Å²) in [6, 6.07) is 7.16. The van der Waals surface area contributed by atoms with Gasteiger partial charge in [-0.05, 0) is 24.1 Å². The molecule has 1 aromatic carbocycles. The lowest BCUT2D eigenvalue weighted by Gasteiger charge is -2.28. The van der Waals surface area contributed by atoms with Crippen molar-refractivity contribution in [2.24, 2.45) is 0 Å². The molecule has 2 rings (SSSR count). The third-order valence-electron chi connectivity index (χ3n) is 3.39. The van der Waals surface area contributed by atoms with Gasteiger partial charge < -0.3 is 10.2 Å². The number of β-lactam (4-membered cyclic amide) rings is 1. The summed E-state index contributed by atoms with van der Waals surface area (Å²) in [4.78, 5) is 37.1. The number of nitrogens with one attached hydrogen (secondary N) is 1.